The van der Waals surface area contributed by atoms with Crippen LogP contribution < -0.4 is 10.6 Å². The van der Waals surface area contributed by atoms with Gasteiger partial charge < -0.3 is 25.4 Å². The van der Waals surface area contributed by atoms with Gasteiger partial charge in [-0.15, -0.1) is 0 Å². The molecule has 3 rings (SSSR count). The van der Waals surface area contributed by atoms with Gasteiger partial charge >= 0.3 is 6.09 Å². The maximum absolute atomic E-state index is 14.5. The summed E-state index contributed by atoms with van der Waals surface area (Å²) in [6.07, 6.45) is 1.87. The van der Waals surface area contributed by atoms with Gasteiger partial charge in [0, 0.05) is 18.0 Å². The van der Waals surface area contributed by atoms with Crippen LogP contribution in [0.25, 0.3) is 6.08 Å². The van der Waals surface area contributed by atoms with Gasteiger partial charge in [0.1, 0.15) is 23.4 Å². The van der Waals surface area contributed by atoms with Crippen LogP contribution in [0.4, 0.5) is 4.79 Å². The minimum atomic E-state index is -1.01. The molecule has 0 bridgehead atoms. The van der Waals surface area contributed by atoms with Crippen LogP contribution in [0.2, 0.25) is 0 Å². The number of carbonyl (C=O) groups excluding carboxylic acids is 3. The third-order valence-corrected chi connectivity index (χ3v) is 6.53. The highest BCUT2D eigenvalue weighted by Gasteiger charge is 2.48. The fourth-order valence-corrected chi connectivity index (χ4v) is 4.60. The van der Waals surface area contributed by atoms with E-state index in [1.165, 1.54) is 12.1 Å². The molecule has 2 aromatic rings. The van der Waals surface area contributed by atoms with Crippen molar-refractivity contribution < 1.29 is 24.2 Å². The number of rotatable bonds is 9. The third kappa shape index (κ3) is 8.60. The summed E-state index contributed by atoms with van der Waals surface area (Å²) >= 11 is 0. The van der Waals surface area contributed by atoms with Gasteiger partial charge in [0.25, 0.3) is 0 Å². The Morgan fingerprint density at radius 2 is 1.73 bits per heavy atom. The van der Waals surface area contributed by atoms with Gasteiger partial charge in [-0.25, -0.2) is 4.79 Å². The van der Waals surface area contributed by atoms with E-state index < -0.39 is 29.3 Å². The summed E-state index contributed by atoms with van der Waals surface area (Å²) in [5, 5.41) is 15.6. The van der Waals surface area contributed by atoms with Crippen LogP contribution >= 0.6 is 0 Å². The lowest BCUT2D eigenvalue weighted by atomic mass is 9.97. The molecule has 3 amide bonds. The van der Waals surface area contributed by atoms with Crippen LogP contribution in [-0.2, 0) is 20.7 Å². The Labute approximate surface area is 237 Å². The van der Waals surface area contributed by atoms with E-state index >= 15 is 0 Å². The topological polar surface area (TPSA) is 108 Å². The van der Waals surface area contributed by atoms with Crippen LogP contribution in [0.3, 0.4) is 0 Å². The molecule has 0 aliphatic heterocycles. The van der Waals surface area contributed by atoms with Crippen molar-refractivity contribution in [3.63, 3.8) is 0 Å². The molecule has 8 heteroatoms. The Hall–Kier alpha value is -3.81. The fourth-order valence-electron chi connectivity index (χ4n) is 4.60. The number of amides is 3. The molecule has 0 saturated heterocycles. The van der Waals surface area contributed by atoms with E-state index in [4.69, 9.17) is 4.74 Å². The van der Waals surface area contributed by atoms with Crippen molar-refractivity contribution >= 4 is 24.0 Å². The number of phenols is 1. The van der Waals surface area contributed by atoms with E-state index in [-0.39, 0.29) is 35.9 Å². The number of hydrogen-bond donors (Lipinski definition) is 3. The number of hydrogen-bond acceptors (Lipinski definition) is 5. The SMILES string of the molecule is C=Cc1cccc(C(C(=O)NC(C)(C)C)N(C(=O)C(Cc2ccc(O)cc2)NC(=O)OC(C)(C)C)C2CC2C)c1. The zero-order valence-corrected chi connectivity index (χ0v) is 24.7. The summed E-state index contributed by atoms with van der Waals surface area (Å²) in [5.41, 5.74) is 0.929. The largest absolute Gasteiger partial charge is 0.508 e. The molecule has 0 aromatic heterocycles. The molecule has 216 valence electrons. The molecule has 4 unspecified atom stereocenters. The maximum atomic E-state index is 14.5. The highest BCUT2D eigenvalue weighted by atomic mass is 16.6. The molecule has 8 nitrogen and oxygen atoms in total. The van der Waals surface area contributed by atoms with Gasteiger partial charge in [-0.3, -0.25) is 9.59 Å². The van der Waals surface area contributed by atoms with Gasteiger partial charge in [0.05, 0.1) is 0 Å². The fraction of sp³-hybridized carbons (Fsp3) is 0.469. The number of ether oxygens (including phenoxy) is 1. The molecule has 1 saturated carbocycles. The Morgan fingerprint density at radius 3 is 2.25 bits per heavy atom. The second kappa shape index (κ2) is 12.1. The zero-order valence-electron chi connectivity index (χ0n) is 24.7. The van der Waals surface area contributed by atoms with Crippen LogP contribution in [0, 0.1) is 5.92 Å². The molecule has 3 N–H and O–H groups in total. The van der Waals surface area contributed by atoms with Crippen LogP contribution in [0.5, 0.6) is 5.75 Å². The van der Waals surface area contributed by atoms with Gasteiger partial charge in [-0.05, 0) is 88.8 Å². The van der Waals surface area contributed by atoms with Crippen molar-refractivity contribution in [3.8, 4) is 5.75 Å². The maximum Gasteiger partial charge on any atom is 0.408 e. The number of nitrogens with zero attached hydrogens (tertiary/aromatic N) is 1. The van der Waals surface area contributed by atoms with Crippen LogP contribution in [0.15, 0.2) is 55.1 Å². The minimum Gasteiger partial charge on any atom is -0.508 e. The van der Waals surface area contributed by atoms with Gasteiger partial charge in [0.15, 0.2) is 0 Å². The quantitative estimate of drug-likeness (QED) is 0.390. The molecule has 0 spiro atoms. The van der Waals surface area contributed by atoms with Crippen molar-refractivity contribution in [1.82, 2.24) is 15.5 Å². The van der Waals surface area contributed by atoms with E-state index in [0.29, 0.717) is 5.56 Å². The number of benzene rings is 2. The van der Waals surface area contributed by atoms with Crippen molar-refractivity contribution in [2.75, 3.05) is 0 Å². The monoisotopic (exact) mass is 549 g/mol. The van der Waals surface area contributed by atoms with Crippen LogP contribution in [-0.4, -0.2) is 51.1 Å². The second-order valence-corrected chi connectivity index (χ2v) is 12.6. The summed E-state index contributed by atoms with van der Waals surface area (Å²) in [7, 11) is 0. The normalized spacial score (nSPS) is 18.2. The molecule has 1 fully saturated rings. The lowest BCUT2D eigenvalue weighted by Crippen LogP contribution is -2.56. The van der Waals surface area contributed by atoms with Crippen molar-refractivity contribution in [1.29, 1.82) is 0 Å². The lowest BCUT2D eigenvalue weighted by Gasteiger charge is -2.36. The standard InChI is InChI=1S/C32H43N3O5/c1-9-21-11-10-12-23(18-21)27(28(37)34-31(3,4)5)35(26-17-20(26)2)29(38)25(33-30(39)40-32(6,7)8)19-22-13-15-24(36)16-14-22/h9-16,18,20,25-27,36H,1,17,19H2,2-8H3,(H,33,39)(H,34,37). The number of carbonyl (C=O) groups is 3. The highest BCUT2D eigenvalue weighted by molar-refractivity contribution is 5.93. The first-order valence-electron chi connectivity index (χ1n) is 13.7. The predicted molar refractivity (Wildman–Crippen MR) is 157 cm³/mol. The van der Waals surface area contributed by atoms with Gasteiger partial charge in [0.2, 0.25) is 11.8 Å². The first-order valence-corrected chi connectivity index (χ1v) is 13.7. The number of nitrogens with one attached hydrogen (secondary N) is 2. The molecule has 1 aliphatic carbocycles. The molecular weight excluding hydrogens is 506 g/mol. The first-order chi connectivity index (χ1) is 18.6. The average Bonchev–Trinajstić information content (AvgIpc) is 3.56. The molecular formula is C32H43N3O5. The molecule has 0 heterocycles. The van der Waals surface area contributed by atoms with Crippen LogP contribution in [0.1, 0.15) is 77.6 Å². The van der Waals surface area contributed by atoms with Crippen molar-refractivity contribution in [3.05, 3.63) is 71.8 Å². The number of aromatic hydroxyl groups is 1. The summed E-state index contributed by atoms with van der Waals surface area (Å²) in [6.45, 7) is 16.8. The predicted octanol–water partition coefficient (Wildman–Crippen LogP) is 5.36. The van der Waals surface area contributed by atoms with E-state index in [1.54, 1.807) is 43.9 Å². The first kappa shape index (κ1) is 30.7. The molecule has 4 atom stereocenters. The summed E-state index contributed by atoms with van der Waals surface area (Å²) in [6, 6.07) is 11.8. The molecule has 0 radical (unpaired) electrons. The molecule has 40 heavy (non-hydrogen) atoms. The van der Waals surface area contributed by atoms with Gasteiger partial charge in [-0.1, -0.05) is 49.9 Å². The van der Waals surface area contributed by atoms with E-state index in [0.717, 1.165) is 17.5 Å². The van der Waals surface area contributed by atoms with Gasteiger partial charge in [-0.2, -0.15) is 0 Å². The number of alkyl carbamates (subject to hydrolysis) is 1. The van der Waals surface area contributed by atoms with E-state index in [2.05, 4.69) is 17.2 Å². The summed E-state index contributed by atoms with van der Waals surface area (Å²) in [5.74, 6) is -0.401. The Bertz CT molecular complexity index is 1230. The van der Waals surface area contributed by atoms with Crippen molar-refractivity contribution in [2.45, 2.75) is 90.6 Å². The molecule has 2 aromatic carbocycles. The summed E-state index contributed by atoms with van der Waals surface area (Å²) < 4.78 is 5.49. The molecule has 1 aliphatic rings. The lowest BCUT2D eigenvalue weighted by molar-refractivity contribution is -0.144. The van der Waals surface area contributed by atoms with E-state index in [1.807, 2.05) is 52.0 Å². The zero-order chi connectivity index (χ0) is 29.8. The third-order valence-electron chi connectivity index (χ3n) is 6.53. The van der Waals surface area contributed by atoms with E-state index in [9.17, 15) is 19.5 Å². The Morgan fingerprint density at radius 1 is 1.10 bits per heavy atom. The summed E-state index contributed by atoms with van der Waals surface area (Å²) in [4.78, 5) is 42.9. The minimum absolute atomic E-state index is 0.0983. The Balaban J connectivity index is 2.08. The smallest absolute Gasteiger partial charge is 0.408 e. The average molecular weight is 550 g/mol. The number of phenolic OH excluding ortho intramolecular Hbond substituents is 1. The Kier molecular flexibility index (Phi) is 9.33. The second-order valence-electron chi connectivity index (χ2n) is 12.6. The highest BCUT2D eigenvalue weighted by Crippen LogP contribution is 2.41. The van der Waals surface area contributed by atoms with Crippen molar-refractivity contribution in [2.24, 2.45) is 5.92 Å².